The Morgan fingerprint density at radius 2 is 2.03 bits per heavy atom. The molecule has 2 aliphatic heterocycles. The minimum Gasteiger partial charge on any atom is -0.454 e. The van der Waals surface area contributed by atoms with Gasteiger partial charge in [0.1, 0.15) is 6.04 Å². The van der Waals surface area contributed by atoms with Crippen molar-refractivity contribution in [2.24, 2.45) is 0 Å². The van der Waals surface area contributed by atoms with E-state index in [1.807, 2.05) is 36.4 Å². The summed E-state index contributed by atoms with van der Waals surface area (Å²) >= 11 is 0. The molecular weight excluding hydrogens is 388 g/mol. The summed E-state index contributed by atoms with van der Waals surface area (Å²) in [5.74, 6) is 0.290. The monoisotopic (exact) mass is 406 g/mol. The highest BCUT2D eigenvalue weighted by Gasteiger charge is 2.28. The molecule has 0 aliphatic carbocycles. The fourth-order valence-corrected chi connectivity index (χ4v) is 3.76. The van der Waals surface area contributed by atoms with E-state index >= 15 is 0 Å². The first-order valence-corrected chi connectivity index (χ1v) is 9.57. The average Bonchev–Trinajstić information content (AvgIpc) is 3.37. The molecule has 2 aliphatic rings. The summed E-state index contributed by atoms with van der Waals surface area (Å²) in [4.78, 5) is 35.6. The maximum Gasteiger partial charge on any atom is 0.249 e. The predicted octanol–water partition coefficient (Wildman–Crippen LogP) is 1.42. The standard InChI is InChI=1S/C21H18N4O5/c26-17-7-5-14(21(28)23-17)22-18(27)9-11-2-1-3-13-19(11)24-25-20(13)12-4-6-15-16(8-12)30-10-29-15/h1-4,6,8,14H,5,7,9-10H2,(H,22,27)(H,24,25)(H,23,26,28). The largest absolute Gasteiger partial charge is 0.454 e. The molecule has 1 saturated heterocycles. The molecular formula is C21H18N4O5. The summed E-state index contributed by atoms with van der Waals surface area (Å²) in [7, 11) is 0. The first-order valence-electron chi connectivity index (χ1n) is 9.57. The molecule has 0 saturated carbocycles. The first kappa shape index (κ1) is 18.2. The molecule has 1 unspecified atom stereocenters. The Balaban J connectivity index is 1.38. The van der Waals surface area contributed by atoms with Crippen molar-refractivity contribution in [3.8, 4) is 22.8 Å². The van der Waals surface area contributed by atoms with Gasteiger partial charge in [-0.1, -0.05) is 18.2 Å². The van der Waals surface area contributed by atoms with Crippen LogP contribution < -0.4 is 20.1 Å². The number of H-pyrrole nitrogens is 1. The van der Waals surface area contributed by atoms with Gasteiger partial charge in [0.2, 0.25) is 24.5 Å². The van der Waals surface area contributed by atoms with E-state index in [0.29, 0.717) is 23.4 Å². The second-order valence-electron chi connectivity index (χ2n) is 7.23. The Labute approximate surface area is 170 Å². The predicted molar refractivity (Wildman–Crippen MR) is 106 cm³/mol. The van der Waals surface area contributed by atoms with Gasteiger partial charge in [-0.3, -0.25) is 24.8 Å². The summed E-state index contributed by atoms with van der Waals surface area (Å²) in [6, 6.07) is 10.6. The van der Waals surface area contributed by atoms with Gasteiger partial charge in [0.05, 0.1) is 17.6 Å². The van der Waals surface area contributed by atoms with Crippen molar-refractivity contribution >= 4 is 28.6 Å². The van der Waals surface area contributed by atoms with Crippen LogP contribution in [-0.4, -0.2) is 40.8 Å². The van der Waals surface area contributed by atoms with E-state index in [9.17, 15) is 14.4 Å². The number of rotatable bonds is 4. The zero-order valence-corrected chi connectivity index (χ0v) is 15.9. The first-order chi connectivity index (χ1) is 14.6. The number of hydrogen-bond acceptors (Lipinski definition) is 6. The Bertz CT molecular complexity index is 1190. The maximum atomic E-state index is 12.5. The number of imide groups is 1. The van der Waals surface area contributed by atoms with Crippen molar-refractivity contribution in [1.29, 1.82) is 0 Å². The fourth-order valence-electron chi connectivity index (χ4n) is 3.76. The number of aromatic amines is 1. The summed E-state index contributed by atoms with van der Waals surface area (Å²) in [5.41, 5.74) is 3.13. The number of amides is 3. The number of aromatic nitrogens is 2. The van der Waals surface area contributed by atoms with Crippen molar-refractivity contribution in [3.05, 3.63) is 42.0 Å². The molecule has 1 aromatic heterocycles. The van der Waals surface area contributed by atoms with Gasteiger partial charge in [0, 0.05) is 17.4 Å². The van der Waals surface area contributed by atoms with Crippen LogP contribution in [0.25, 0.3) is 22.2 Å². The lowest BCUT2D eigenvalue weighted by Gasteiger charge is -2.21. The van der Waals surface area contributed by atoms with Crippen LogP contribution in [0.4, 0.5) is 0 Å². The second kappa shape index (κ2) is 7.18. The van der Waals surface area contributed by atoms with Crippen LogP contribution in [0, 0.1) is 0 Å². The van der Waals surface area contributed by atoms with E-state index in [2.05, 4.69) is 20.8 Å². The molecule has 0 spiro atoms. The number of carbonyl (C=O) groups excluding carboxylic acids is 3. The fraction of sp³-hybridized carbons (Fsp3) is 0.238. The van der Waals surface area contributed by atoms with E-state index in [1.54, 1.807) is 0 Å². The number of piperidine rings is 1. The summed E-state index contributed by atoms with van der Waals surface area (Å²) < 4.78 is 10.8. The molecule has 3 heterocycles. The number of nitrogens with one attached hydrogen (secondary N) is 3. The second-order valence-corrected chi connectivity index (χ2v) is 7.23. The zero-order valence-electron chi connectivity index (χ0n) is 15.9. The molecule has 3 aromatic rings. The van der Waals surface area contributed by atoms with Crippen molar-refractivity contribution in [2.75, 3.05) is 6.79 Å². The van der Waals surface area contributed by atoms with E-state index in [4.69, 9.17) is 9.47 Å². The number of para-hydroxylation sites is 1. The van der Waals surface area contributed by atoms with E-state index < -0.39 is 11.9 Å². The third-order valence-electron chi connectivity index (χ3n) is 5.26. The molecule has 30 heavy (non-hydrogen) atoms. The van der Waals surface area contributed by atoms with Crippen LogP contribution in [0.3, 0.4) is 0 Å². The molecule has 152 valence electrons. The minimum atomic E-state index is -0.696. The SMILES string of the molecule is O=C1CCC(NC(=O)Cc2cccc3c(-c4ccc5c(c4)OCO5)[nH]nc23)C(=O)N1. The number of fused-ring (bicyclic) bond motifs is 2. The molecule has 3 amide bonds. The topological polar surface area (TPSA) is 122 Å². The van der Waals surface area contributed by atoms with Crippen LogP contribution in [0.2, 0.25) is 0 Å². The minimum absolute atomic E-state index is 0.0699. The van der Waals surface area contributed by atoms with E-state index in [-0.39, 0.29) is 31.4 Å². The molecule has 9 nitrogen and oxygen atoms in total. The smallest absolute Gasteiger partial charge is 0.249 e. The van der Waals surface area contributed by atoms with Gasteiger partial charge >= 0.3 is 0 Å². The lowest BCUT2D eigenvalue weighted by atomic mass is 10.0. The van der Waals surface area contributed by atoms with Gasteiger partial charge < -0.3 is 14.8 Å². The number of nitrogens with zero attached hydrogens (tertiary/aromatic N) is 1. The number of hydrogen-bond donors (Lipinski definition) is 3. The summed E-state index contributed by atoms with van der Waals surface area (Å²) in [6.45, 7) is 0.203. The van der Waals surface area contributed by atoms with Gasteiger partial charge in [0.25, 0.3) is 0 Å². The lowest BCUT2D eigenvalue weighted by molar-refractivity contribution is -0.137. The zero-order chi connectivity index (χ0) is 20.7. The van der Waals surface area contributed by atoms with Crippen molar-refractivity contribution in [2.45, 2.75) is 25.3 Å². The van der Waals surface area contributed by atoms with E-state index in [0.717, 1.165) is 22.2 Å². The maximum absolute atomic E-state index is 12.5. The molecule has 5 rings (SSSR count). The van der Waals surface area contributed by atoms with Crippen LogP contribution in [0.5, 0.6) is 11.5 Å². The molecule has 3 N–H and O–H groups in total. The molecule has 9 heteroatoms. The Kier molecular flexibility index (Phi) is 4.35. The van der Waals surface area contributed by atoms with Crippen LogP contribution in [0.15, 0.2) is 36.4 Å². The van der Waals surface area contributed by atoms with Gasteiger partial charge in [-0.2, -0.15) is 5.10 Å². The molecule has 1 fully saturated rings. The van der Waals surface area contributed by atoms with Crippen LogP contribution in [0.1, 0.15) is 18.4 Å². The normalized spacial score (nSPS) is 17.8. The third-order valence-corrected chi connectivity index (χ3v) is 5.26. The van der Waals surface area contributed by atoms with Gasteiger partial charge in [0.15, 0.2) is 11.5 Å². The van der Waals surface area contributed by atoms with Crippen molar-refractivity contribution in [1.82, 2.24) is 20.8 Å². The highest BCUT2D eigenvalue weighted by Crippen LogP contribution is 2.37. The number of ether oxygens (including phenoxy) is 2. The van der Waals surface area contributed by atoms with Crippen molar-refractivity contribution < 1.29 is 23.9 Å². The van der Waals surface area contributed by atoms with E-state index in [1.165, 1.54) is 0 Å². The average molecular weight is 406 g/mol. The van der Waals surface area contributed by atoms with Gasteiger partial charge in [-0.05, 0) is 30.2 Å². The highest BCUT2D eigenvalue weighted by atomic mass is 16.7. The van der Waals surface area contributed by atoms with Crippen LogP contribution >= 0.6 is 0 Å². The number of carbonyl (C=O) groups is 3. The molecule has 0 radical (unpaired) electrons. The molecule has 0 bridgehead atoms. The summed E-state index contributed by atoms with van der Waals surface area (Å²) in [5, 5.41) is 13.3. The van der Waals surface area contributed by atoms with Gasteiger partial charge in [-0.15, -0.1) is 0 Å². The van der Waals surface area contributed by atoms with Crippen molar-refractivity contribution in [3.63, 3.8) is 0 Å². The lowest BCUT2D eigenvalue weighted by Crippen LogP contribution is -2.52. The Morgan fingerprint density at radius 1 is 1.17 bits per heavy atom. The third kappa shape index (κ3) is 3.24. The quantitative estimate of drug-likeness (QED) is 0.564. The van der Waals surface area contributed by atoms with Gasteiger partial charge in [-0.25, -0.2) is 0 Å². The highest BCUT2D eigenvalue weighted by molar-refractivity contribution is 6.02. The summed E-state index contributed by atoms with van der Waals surface area (Å²) in [6.07, 6.45) is 0.586. The molecule has 2 aromatic carbocycles. The Morgan fingerprint density at radius 3 is 2.90 bits per heavy atom. The van der Waals surface area contributed by atoms with Crippen LogP contribution in [-0.2, 0) is 20.8 Å². The molecule has 1 atom stereocenters. The Hall–Kier alpha value is -3.88. The number of benzene rings is 2.